The van der Waals surface area contributed by atoms with Crippen LogP contribution in [0.2, 0.25) is 0 Å². The van der Waals surface area contributed by atoms with Gasteiger partial charge >= 0.3 is 0 Å². The Bertz CT molecular complexity index is 673. The van der Waals surface area contributed by atoms with Gasteiger partial charge in [0.1, 0.15) is 0 Å². The number of hydrogen-bond acceptors (Lipinski definition) is 1. The van der Waals surface area contributed by atoms with Crippen LogP contribution in [0.15, 0.2) is 24.3 Å². The van der Waals surface area contributed by atoms with Gasteiger partial charge in [-0.1, -0.05) is 17.7 Å². The van der Waals surface area contributed by atoms with E-state index in [-0.39, 0.29) is 5.91 Å². The van der Waals surface area contributed by atoms with Gasteiger partial charge in [0.15, 0.2) is 0 Å². The van der Waals surface area contributed by atoms with E-state index in [0.717, 1.165) is 5.56 Å². The van der Waals surface area contributed by atoms with Crippen molar-refractivity contribution in [3.05, 3.63) is 35.4 Å². The van der Waals surface area contributed by atoms with E-state index in [9.17, 15) is 4.79 Å². The Kier molecular flexibility index (Phi) is 5.23. The third-order valence-electron chi connectivity index (χ3n) is 1.84. The van der Waals surface area contributed by atoms with Gasteiger partial charge in [-0.05, 0) is 36.8 Å². The predicted molar refractivity (Wildman–Crippen MR) is 70.8 cm³/mol. The van der Waals surface area contributed by atoms with E-state index in [1.807, 2.05) is 19.1 Å². The minimum absolute atomic E-state index is 0.261. The summed E-state index contributed by atoms with van der Waals surface area (Å²) >= 11 is 0. The highest BCUT2D eigenvalue weighted by molar-refractivity contribution is 5.95. The first-order valence-corrected chi connectivity index (χ1v) is 5.06. The fourth-order valence-corrected chi connectivity index (χ4v) is 1.11. The van der Waals surface area contributed by atoms with Crippen LogP contribution in [0.4, 0.5) is 0 Å². The lowest BCUT2D eigenvalue weighted by atomic mass is 10.1. The van der Waals surface area contributed by atoms with Gasteiger partial charge in [-0.3, -0.25) is 10.1 Å². The molecule has 1 aromatic carbocycles. The highest BCUT2D eigenvalue weighted by atomic mass is 16.1. The zero-order valence-corrected chi connectivity index (χ0v) is 9.79. The van der Waals surface area contributed by atoms with Gasteiger partial charge < -0.3 is 0 Å². The Morgan fingerprint density at radius 2 is 1.89 bits per heavy atom. The van der Waals surface area contributed by atoms with Crippen molar-refractivity contribution < 1.29 is 4.79 Å². The number of amides is 1. The molecule has 0 radical (unpaired) electrons. The Balaban J connectivity index is 2.59. The molecule has 0 unspecified atom stereocenters. The van der Waals surface area contributed by atoms with Crippen molar-refractivity contribution in [2.24, 2.45) is 0 Å². The van der Waals surface area contributed by atoms with Crippen molar-refractivity contribution in [1.82, 2.24) is 5.32 Å². The van der Waals surface area contributed by atoms with Gasteiger partial charge in [0.05, 0.1) is 0 Å². The fourth-order valence-electron chi connectivity index (χ4n) is 1.11. The summed E-state index contributed by atoms with van der Waals surface area (Å²) in [6.07, 6.45) is 4.90. The van der Waals surface area contributed by atoms with Crippen LogP contribution in [0.25, 0.3) is 0 Å². The number of carbonyl (C=O) groups excluding carboxylic acids is 1. The van der Waals surface area contributed by atoms with Crippen LogP contribution in [-0.4, -0.2) is 5.91 Å². The van der Waals surface area contributed by atoms with Gasteiger partial charge in [-0.2, -0.15) is 0 Å². The van der Waals surface area contributed by atoms with E-state index < -0.39 is 0 Å². The highest BCUT2D eigenvalue weighted by Crippen LogP contribution is 2.02. The van der Waals surface area contributed by atoms with E-state index in [1.54, 1.807) is 12.1 Å². The molecular formula is C16H9NO. The maximum atomic E-state index is 11.6. The Labute approximate surface area is 107 Å². The first-order valence-electron chi connectivity index (χ1n) is 5.06. The highest BCUT2D eigenvalue weighted by Gasteiger charge is 2.01. The van der Waals surface area contributed by atoms with Crippen molar-refractivity contribution in [2.75, 3.05) is 0 Å². The van der Waals surface area contributed by atoms with Crippen molar-refractivity contribution in [3.8, 4) is 48.0 Å². The third-order valence-corrected chi connectivity index (χ3v) is 1.84. The molecule has 0 spiro atoms. The molecule has 1 N–H and O–H groups in total. The van der Waals surface area contributed by atoms with Crippen molar-refractivity contribution in [1.29, 1.82) is 0 Å². The number of terminal acetylenes is 1. The summed E-state index contributed by atoms with van der Waals surface area (Å²) in [5.41, 5.74) is 1.57. The van der Waals surface area contributed by atoms with E-state index in [2.05, 4.69) is 46.9 Å². The average molecular weight is 231 g/mol. The Morgan fingerprint density at radius 3 is 2.61 bits per heavy atom. The minimum atomic E-state index is -0.261. The second-order valence-corrected chi connectivity index (χ2v) is 3.22. The smallest absolute Gasteiger partial charge is 0.262 e. The summed E-state index contributed by atoms with van der Waals surface area (Å²) in [4.78, 5) is 11.6. The molecule has 0 heterocycles. The van der Waals surface area contributed by atoms with Crippen LogP contribution in [0.1, 0.15) is 15.9 Å². The van der Waals surface area contributed by atoms with E-state index in [4.69, 9.17) is 6.42 Å². The molecule has 0 aliphatic carbocycles. The van der Waals surface area contributed by atoms with E-state index in [0.29, 0.717) is 5.56 Å². The molecule has 18 heavy (non-hydrogen) atoms. The lowest BCUT2D eigenvalue weighted by molar-refractivity contribution is 0.0973. The van der Waals surface area contributed by atoms with Gasteiger partial charge in [-0.25, -0.2) is 0 Å². The number of carbonyl (C=O) groups is 1. The molecule has 2 nitrogen and oxygen atoms in total. The largest absolute Gasteiger partial charge is 0.280 e. The molecule has 0 bridgehead atoms. The molecule has 1 amide bonds. The van der Waals surface area contributed by atoms with Crippen molar-refractivity contribution in [3.63, 3.8) is 0 Å². The maximum absolute atomic E-state index is 11.6. The van der Waals surface area contributed by atoms with Crippen LogP contribution >= 0.6 is 0 Å². The number of benzene rings is 1. The molecule has 0 saturated carbocycles. The lowest BCUT2D eigenvalue weighted by Crippen LogP contribution is -2.17. The maximum Gasteiger partial charge on any atom is 0.262 e. The SMILES string of the molecule is C#CC#CC#CC#CNC(=O)c1cccc(C)c1. The quantitative estimate of drug-likeness (QED) is 0.573. The minimum Gasteiger partial charge on any atom is -0.280 e. The average Bonchev–Trinajstić information content (AvgIpc) is 2.37. The lowest BCUT2D eigenvalue weighted by Gasteiger charge is -1.98. The first-order chi connectivity index (χ1) is 8.74. The monoisotopic (exact) mass is 231 g/mol. The van der Waals surface area contributed by atoms with Gasteiger partial charge in [0.25, 0.3) is 5.91 Å². The van der Waals surface area contributed by atoms with E-state index >= 15 is 0 Å². The number of hydrogen-bond donors (Lipinski definition) is 1. The molecule has 2 heteroatoms. The molecule has 0 saturated heterocycles. The molecule has 0 aliphatic heterocycles. The van der Waals surface area contributed by atoms with Gasteiger partial charge in [0, 0.05) is 29.4 Å². The predicted octanol–water partition coefficient (Wildman–Crippen LogP) is 1.33. The number of rotatable bonds is 1. The van der Waals surface area contributed by atoms with Crippen molar-refractivity contribution >= 4 is 5.91 Å². The molecule has 84 valence electrons. The molecule has 1 aromatic rings. The van der Waals surface area contributed by atoms with Crippen LogP contribution in [0, 0.1) is 54.9 Å². The van der Waals surface area contributed by atoms with Crippen LogP contribution in [-0.2, 0) is 0 Å². The summed E-state index contributed by atoms with van der Waals surface area (Å²) in [6, 6.07) is 9.66. The summed E-state index contributed by atoms with van der Waals surface area (Å²) < 4.78 is 0. The zero-order chi connectivity index (χ0) is 13.2. The summed E-state index contributed by atoms with van der Waals surface area (Å²) in [7, 11) is 0. The summed E-state index contributed by atoms with van der Waals surface area (Å²) in [5.74, 6) is 13.9. The molecule has 0 fully saturated rings. The molecular weight excluding hydrogens is 222 g/mol. The van der Waals surface area contributed by atoms with Crippen LogP contribution < -0.4 is 5.32 Å². The third kappa shape index (κ3) is 4.63. The molecule has 0 aliphatic rings. The normalized spacial score (nSPS) is 7.11. The first kappa shape index (κ1) is 13.0. The van der Waals surface area contributed by atoms with Crippen molar-refractivity contribution in [2.45, 2.75) is 6.92 Å². The Morgan fingerprint density at radius 1 is 1.17 bits per heavy atom. The summed E-state index contributed by atoms with van der Waals surface area (Å²) in [5, 5.41) is 2.43. The Hall–Kier alpha value is -3.07. The summed E-state index contributed by atoms with van der Waals surface area (Å²) in [6.45, 7) is 1.91. The second-order valence-electron chi connectivity index (χ2n) is 3.22. The number of nitrogens with one attached hydrogen (secondary N) is 1. The van der Waals surface area contributed by atoms with Gasteiger partial charge in [0.2, 0.25) is 0 Å². The fraction of sp³-hybridized carbons (Fsp3) is 0.0625. The topological polar surface area (TPSA) is 29.1 Å². The second kappa shape index (κ2) is 7.24. The van der Waals surface area contributed by atoms with Crippen LogP contribution in [0.5, 0.6) is 0 Å². The van der Waals surface area contributed by atoms with Crippen LogP contribution in [0.3, 0.4) is 0 Å². The number of aryl methyl sites for hydroxylation is 1. The molecule has 0 atom stereocenters. The standard InChI is InChI=1S/C16H9NO/c1-3-4-5-6-7-8-12-17-16(18)15-11-9-10-14(2)13-15/h1,9-11,13H,2H3,(H,17,18). The molecule has 0 aromatic heterocycles. The molecule has 1 rings (SSSR count). The van der Waals surface area contributed by atoms with Gasteiger partial charge in [-0.15, -0.1) is 6.42 Å². The van der Waals surface area contributed by atoms with E-state index in [1.165, 1.54) is 0 Å². The zero-order valence-electron chi connectivity index (χ0n) is 9.79.